The lowest BCUT2D eigenvalue weighted by Gasteiger charge is -2.23. The summed E-state index contributed by atoms with van der Waals surface area (Å²) in [7, 11) is 1.89. The Hall–Kier alpha value is -2.70. The number of likely N-dealkylation sites (tertiary alicyclic amines) is 1. The van der Waals surface area contributed by atoms with E-state index in [0.29, 0.717) is 0 Å². The second-order valence-electron chi connectivity index (χ2n) is 5.93. The standard InChI is InChI=1S/C16H18N6O/c1-20-10-12(9-17-20)14-7-4-8-21(14)16(23)11-22-15-6-3-2-5-13(15)18-19-22/h2-3,5-6,9-10,14H,4,7-8,11H2,1H3/t14-/m1/s1. The molecule has 23 heavy (non-hydrogen) atoms. The van der Waals surface area contributed by atoms with Gasteiger partial charge in [0.05, 0.1) is 17.8 Å². The zero-order valence-electron chi connectivity index (χ0n) is 13.0. The fraction of sp³-hybridized carbons (Fsp3) is 0.375. The van der Waals surface area contributed by atoms with Crippen molar-refractivity contribution in [2.24, 2.45) is 7.05 Å². The van der Waals surface area contributed by atoms with Crippen LogP contribution in [-0.2, 0) is 18.4 Å². The predicted octanol–water partition coefficient (Wildman–Crippen LogP) is 1.53. The van der Waals surface area contributed by atoms with Crippen LogP contribution >= 0.6 is 0 Å². The van der Waals surface area contributed by atoms with Gasteiger partial charge in [-0.15, -0.1) is 5.10 Å². The maximum absolute atomic E-state index is 12.8. The van der Waals surface area contributed by atoms with Crippen LogP contribution in [0.2, 0.25) is 0 Å². The van der Waals surface area contributed by atoms with Gasteiger partial charge in [-0.2, -0.15) is 5.10 Å². The lowest BCUT2D eigenvalue weighted by molar-refractivity contribution is -0.132. The highest BCUT2D eigenvalue weighted by atomic mass is 16.2. The number of aromatic nitrogens is 5. The molecule has 0 N–H and O–H groups in total. The van der Waals surface area contributed by atoms with Gasteiger partial charge in [-0.25, -0.2) is 4.68 Å². The molecule has 2 aromatic heterocycles. The largest absolute Gasteiger partial charge is 0.334 e. The van der Waals surface area contributed by atoms with E-state index >= 15 is 0 Å². The fourth-order valence-corrected chi connectivity index (χ4v) is 3.28. The Bertz CT molecular complexity index is 851. The third-order valence-electron chi connectivity index (χ3n) is 4.39. The van der Waals surface area contributed by atoms with Crippen LogP contribution in [0.4, 0.5) is 0 Å². The van der Waals surface area contributed by atoms with Gasteiger partial charge in [0.15, 0.2) is 0 Å². The number of hydrogen-bond acceptors (Lipinski definition) is 4. The number of aryl methyl sites for hydroxylation is 1. The SMILES string of the molecule is Cn1cc([C@H]2CCCN2C(=O)Cn2nnc3ccccc32)cn1. The summed E-state index contributed by atoms with van der Waals surface area (Å²) in [5.74, 6) is 0.0759. The van der Waals surface area contributed by atoms with Crippen LogP contribution in [0, 0.1) is 0 Å². The maximum Gasteiger partial charge on any atom is 0.244 e. The Morgan fingerprint density at radius 3 is 3.04 bits per heavy atom. The van der Waals surface area contributed by atoms with Crippen LogP contribution in [0.3, 0.4) is 0 Å². The third-order valence-corrected chi connectivity index (χ3v) is 4.39. The average molecular weight is 310 g/mol. The molecule has 0 saturated carbocycles. The molecule has 118 valence electrons. The molecule has 3 heterocycles. The van der Waals surface area contributed by atoms with Crippen LogP contribution in [0.1, 0.15) is 24.4 Å². The number of amides is 1. The van der Waals surface area contributed by atoms with Crippen molar-refractivity contribution >= 4 is 16.9 Å². The topological polar surface area (TPSA) is 68.8 Å². The molecule has 3 aromatic rings. The van der Waals surface area contributed by atoms with E-state index in [1.54, 1.807) is 9.36 Å². The minimum atomic E-state index is 0.0759. The van der Waals surface area contributed by atoms with E-state index in [1.165, 1.54) is 0 Å². The van der Waals surface area contributed by atoms with Gasteiger partial charge in [-0.1, -0.05) is 17.3 Å². The first kappa shape index (κ1) is 13.9. The molecule has 1 fully saturated rings. The average Bonchev–Trinajstić information content (AvgIpc) is 3.26. The number of nitrogens with zero attached hydrogens (tertiary/aromatic N) is 6. The van der Waals surface area contributed by atoms with Gasteiger partial charge < -0.3 is 4.90 Å². The molecule has 1 atom stereocenters. The lowest BCUT2D eigenvalue weighted by atomic mass is 10.1. The van der Waals surface area contributed by atoms with E-state index in [2.05, 4.69) is 15.4 Å². The molecule has 1 aliphatic heterocycles. The molecule has 0 unspecified atom stereocenters. The lowest BCUT2D eigenvalue weighted by Crippen LogP contribution is -2.33. The molecular weight excluding hydrogens is 292 g/mol. The minimum absolute atomic E-state index is 0.0759. The molecule has 0 radical (unpaired) electrons. The summed E-state index contributed by atoms with van der Waals surface area (Å²) in [6.07, 6.45) is 5.83. The van der Waals surface area contributed by atoms with Crippen LogP contribution < -0.4 is 0 Å². The van der Waals surface area contributed by atoms with Crippen LogP contribution in [0.15, 0.2) is 36.7 Å². The van der Waals surface area contributed by atoms with E-state index < -0.39 is 0 Å². The summed E-state index contributed by atoms with van der Waals surface area (Å²) in [5.41, 5.74) is 2.80. The number of hydrogen-bond donors (Lipinski definition) is 0. The molecule has 1 aliphatic rings. The maximum atomic E-state index is 12.8. The quantitative estimate of drug-likeness (QED) is 0.735. The Morgan fingerprint density at radius 2 is 2.22 bits per heavy atom. The molecule has 0 aliphatic carbocycles. The first-order valence-corrected chi connectivity index (χ1v) is 7.78. The van der Waals surface area contributed by atoms with Crippen molar-refractivity contribution in [3.8, 4) is 0 Å². The summed E-state index contributed by atoms with van der Waals surface area (Å²) in [6.45, 7) is 1.00. The summed E-state index contributed by atoms with van der Waals surface area (Å²) in [5, 5.41) is 12.4. The van der Waals surface area contributed by atoms with E-state index in [9.17, 15) is 4.79 Å². The van der Waals surface area contributed by atoms with Gasteiger partial charge in [-0.05, 0) is 25.0 Å². The Morgan fingerprint density at radius 1 is 1.35 bits per heavy atom. The zero-order valence-corrected chi connectivity index (χ0v) is 13.0. The second-order valence-corrected chi connectivity index (χ2v) is 5.93. The third kappa shape index (κ3) is 2.48. The highest BCUT2D eigenvalue weighted by Gasteiger charge is 2.31. The molecule has 1 saturated heterocycles. The van der Waals surface area contributed by atoms with E-state index in [0.717, 1.165) is 36.0 Å². The Labute approximate surface area is 133 Å². The normalized spacial score (nSPS) is 18.0. The number of carbonyl (C=O) groups excluding carboxylic acids is 1. The molecule has 1 amide bonds. The summed E-state index contributed by atoms with van der Waals surface area (Å²) >= 11 is 0. The first-order chi connectivity index (χ1) is 11.2. The molecular formula is C16H18N6O. The van der Waals surface area contributed by atoms with Gasteiger partial charge in [0.2, 0.25) is 5.91 Å². The van der Waals surface area contributed by atoms with E-state index in [1.807, 2.05) is 48.6 Å². The summed E-state index contributed by atoms with van der Waals surface area (Å²) in [6, 6.07) is 7.80. The van der Waals surface area contributed by atoms with Crippen LogP contribution in [0.5, 0.6) is 0 Å². The molecule has 4 rings (SSSR count). The number of para-hydroxylation sites is 1. The van der Waals surface area contributed by atoms with E-state index in [-0.39, 0.29) is 18.5 Å². The Balaban J connectivity index is 1.56. The molecule has 1 aromatic carbocycles. The van der Waals surface area contributed by atoms with Crippen molar-refractivity contribution in [1.29, 1.82) is 0 Å². The van der Waals surface area contributed by atoms with Crippen molar-refractivity contribution in [1.82, 2.24) is 29.7 Å². The number of carbonyl (C=O) groups is 1. The van der Waals surface area contributed by atoms with E-state index in [4.69, 9.17) is 0 Å². The van der Waals surface area contributed by atoms with Gasteiger partial charge in [-0.3, -0.25) is 9.48 Å². The highest BCUT2D eigenvalue weighted by Crippen LogP contribution is 2.31. The Kier molecular flexibility index (Phi) is 3.33. The van der Waals surface area contributed by atoms with Crippen molar-refractivity contribution < 1.29 is 4.79 Å². The van der Waals surface area contributed by atoms with Crippen molar-refractivity contribution in [2.75, 3.05) is 6.54 Å². The second kappa shape index (κ2) is 5.49. The summed E-state index contributed by atoms with van der Waals surface area (Å²) < 4.78 is 3.46. The van der Waals surface area contributed by atoms with Crippen molar-refractivity contribution in [2.45, 2.75) is 25.4 Å². The van der Waals surface area contributed by atoms with Crippen LogP contribution in [-0.4, -0.2) is 42.1 Å². The number of rotatable bonds is 3. The zero-order chi connectivity index (χ0) is 15.8. The van der Waals surface area contributed by atoms with Crippen molar-refractivity contribution in [3.63, 3.8) is 0 Å². The van der Waals surface area contributed by atoms with Gasteiger partial charge in [0.1, 0.15) is 12.1 Å². The first-order valence-electron chi connectivity index (χ1n) is 7.78. The number of fused-ring (bicyclic) bond motifs is 1. The highest BCUT2D eigenvalue weighted by molar-refractivity contribution is 5.80. The fourth-order valence-electron chi connectivity index (χ4n) is 3.28. The predicted molar refractivity (Wildman–Crippen MR) is 84.4 cm³/mol. The molecule has 7 heteroatoms. The molecule has 7 nitrogen and oxygen atoms in total. The molecule has 0 spiro atoms. The van der Waals surface area contributed by atoms with Gasteiger partial charge in [0.25, 0.3) is 0 Å². The summed E-state index contributed by atoms with van der Waals surface area (Å²) in [4.78, 5) is 14.7. The van der Waals surface area contributed by atoms with Crippen molar-refractivity contribution in [3.05, 3.63) is 42.2 Å². The molecule has 0 bridgehead atoms. The monoisotopic (exact) mass is 310 g/mol. The van der Waals surface area contributed by atoms with Crippen LogP contribution in [0.25, 0.3) is 11.0 Å². The smallest absolute Gasteiger partial charge is 0.244 e. The number of benzene rings is 1. The minimum Gasteiger partial charge on any atom is -0.334 e. The van der Waals surface area contributed by atoms with Gasteiger partial charge in [0, 0.05) is 25.4 Å². The van der Waals surface area contributed by atoms with Gasteiger partial charge >= 0.3 is 0 Å².